The quantitative estimate of drug-likeness (QED) is 0.203. The van der Waals surface area contributed by atoms with Crippen LogP contribution in [0.2, 0.25) is 0 Å². The molecule has 0 aromatic rings. The van der Waals surface area contributed by atoms with E-state index in [4.69, 9.17) is 9.84 Å². The summed E-state index contributed by atoms with van der Waals surface area (Å²) in [6, 6.07) is 0. The van der Waals surface area contributed by atoms with Gasteiger partial charge in [0.25, 0.3) is 0 Å². The predicted octanol–water partition coefficient (Wildman–Crippen LogP) is 6.45. The second kappa shape index (κ2) is 19.8. The van der Waals surface area contributed by atoms with Crippen molar-refractivity contribution in [3.8, 4) is 0 Å². The Kier molecular flexibility index (Phi) is 17.8. The number of nitrogens with zero attached hydrogens (tertiary/aromatic N) is 2. The Balaban J connectivity index is 1.84. The standard InChI is InChI=1S/C25H48N2O3/c1-2-3-4-5-6-7-8-9-10-11-12-13-14-15-16-17-24-26-19-20-27(24)21-23-30-22-18-25(28)29/h2-23H2,1H3,(H,28,29). The normalized spacial score (nSPS) is 13.8. The smallest absolute Gasteiger partial charge is 0.305 e. The third kappa shape index (κ3) is 15.7. The van der Waals surface area contributed by atoms with E-state index in [2.05, 4.69) is 16.8 Å². The number of hydrogen-bond donors (Lipinski definition) is 1. The van der Waals surface area contributed by atoms with Gasteiger partial charge in [-0.25, -0.2) is 0 Å². The number of rotatable bonds is 22. The van der Waals surface area contributed by atoms with Crippen LogP contribution >= 0.6 is 0 Å². The maximum Gasteiger partial charge on any atom is 0.305 e. The van der Waals surface area contributed by atoms with Crippen molar-refractivity contribution in [3.63, 3.8) is 0 Å². The summed E-state index contributed by atoms with van der Waals surface area (Å²) in [6.45, 7) is 5.88. The molecule has 0 saturated carbocycles. The van der Waals surface area contributed by atoms with Crippen LogP contribution in [0.1, 0.15) is 116 Å². The van der Waals surface area contributed by atoms with Gasteiger partial charge in [0.2, 0.25) is 0 Å². The number of carbonyl (C=O) groups is 1. The summed E-state index contributed by atoms with van der Waals surface area (Å²) in [5.74, 6) is 0.429. The number of carboxylic acid groups (broad SMARTS) is 1. The van der Waals surface area contributed by atoms with Crippen molar-refractivity contribution in [2.75, 3.05) is 32.8 Å². The average molecular weight is 425 g/mol. The first kappa shape index (κ1) is 26.9. The van der Waals surface area contributed by atoms with Crippen LogP contribution in [0.5, 0.6) is 0 Å². The zero-order valence-electron chi connectivity index (χ0n) is 19.7. The van der Waals surface area contributed by atoms with Crippen molar-refractivity contribution in [2.45, 2.75) is 116 Å². The van der Waals surface area contributed by atoms with Gasteiger partial charge in [-0.2, -0.15) is 0 Å². The number of aliphatic carboxylic acids is 1. The Morgan fingerprint density at radius 2 is 1.40 bits per heavy atom. The minimum absolute atomic E-state index is 0.0834. The third-order valence-electron chi connectivity index (χ3n) is 6.00. The Morgan fingerprint density at radius 3 is 1.93 bits per heavy atom. The molecule has 1 N–H and O–H groups in total. The van der Waals surface area contributed by atoms with Crippen LogP contribution in [0.25, 0.3) is 0 Å². The molecule has 0 fully saturated rings. The lowest BCUT2D eigenvalue weighted by molar-refractivity contribution is -0.138. The molecule has 0 aliphatic carbocycles. The van der Waals surface area contributed by atoms with Crippen LogP contribution in [0.15, 0.2) is 4.99 Å². The summed E-state index contributed by atoms with van der Waals surface area (Å²) < 4.78 is 5.41. The van der Waals surface area contributed by atoms with Crippen LogP contribution < -0.4 is 0 Å². The van der Waals surface area contributed by atoms with Crippen molar-refractivity contribution < 1.29 is 14.6 Å². The zero-order valence-corrected chi connectivity index (χ0v) is 19.7. The summed E-state index contributed by atoms with van der Waals surface area (Å²) in [7, 11) is 0. The molecule has 1 aliphatic heterocycles. The highest BCUT2D eigenvalue weighted by molar-refractivity contribution is 5.83. The SMILES string of the molecule is CCCCCCCCCCCCCCCCCC1=NCCN1CCOCCC(=O)O. The molecule has 1 heterocycles. The third-order valence-corrected chi connectivity index (χ3v) is 6.00. The van der Waals surface area contributed by atoms with E-state index in [-0.39, 0.29) is 6.42 Å². The van der Waals surface area contributed by atoms with Gasteiger partial charge in [-0.05, 0) is 6.42 Å². The Morgan fingerprint density at radius 1 is 0.867 bits per heavy atom. The van der Waals surface area contributed by atoms with E-state index in [9.17, 15) is 4.79 Å². The summed E-state index contributed by atoms with van der Waals surface area (Å²) in [6.07, 6.45) is 22.1. The van der Waals surface area contributed by atoms with Crippen LogP contribution in [-0.2, 0) is 9.53 Å². The van der Waals surface area contributed by atoms with Crippen molar-refractivity contribution in [2.24, 2.45) is 4.99 Å². The highest BCUT2D eigenvalue weighted by Crippen LogP contribution is 2.15. The Labute approximate surface area is 185 Å². The fourth-order valence-electron chi connectivity index (χ4n) is 4.10. The van der Waals surface area contributed by atoms with E-state index < -0.39 is 5.97 Å². The van der Waals surface area contributed by atoms with Crippen LogP contribution in [0.3, 0.4) is 0 Å². The first-order valence-electron chi connectivity index (χ1n) is 12.8. The lowest BCUT2D eigenvalue weighted by Gasteiger charge is -2.20. The molecule has 0 atom stereocenters. The van der Waals surface area contributed by atoms with Gasteiger partial charge in [-0.3, -0.25) is 9.79 Å². The zero-order chi connectivity index (χ0) is 21.7. The first-order valence-corrected chi connectivity index (χ1v) is 12.8. The highest BCUT2D eigenvalue weighted by atomic mass is 16.5. The van der Waals surface area contributed by atoms with Crippen molar-refractivity contribution in [1.29, 1.82) is 0 Å². The highest BCUT2D eigenvalue weighted by Gasteiger charge is 2.15. The van der Waals surface area contributed by atoms with Gasteiger partial charge < -0.3 is 14.7 Å². The van der Waals surface area contributed by atoms with Gasteiger partial charge in [-0.1, -0.05) is 96.8 Å². The van der Waals surface area contributed by atoms with Crippen LogP contribution in [0.4, 0.5) is 0 Å². The molecule has 1 aliphatic rings. The first-order chi connectivity index (χ1) is 14.7. The van der Waals surface area contributed by atoms with Gasteiger partial charge in [0.15, 0.2) is 0 Å². The lowest BCUT2D eigenvalue weighted by Crippen LogP contribution is -2.31. The fraction of sp³-hybridized carbons (Fsp3) is 0.920. The fourth-order valence-corrected chi connectivity index (χ4v) is 4.10. The maximum absolute atomic E-state index is 10.5. The van der Waals surface area contributed by atoms with E-state index in [1.54, 1.807) is 0 Å². The predicted molar refractivity (Wildman–Crippen MR) is 126 cm³/mol. The Hall–Kier alpha value is -1.10. The second-order valence-electron chi connectivity index (χ2n) is 8.74. The molecule has 1 rings (SSSR count). The number of ether oxygens (including phenoxy) is 1. The molecule has 0 saturated heterocycles. The maximum atomic E-state index is 10.5. The van der Waals surface area contributed by atoms with E-state index in [0.29, 0.717) is 13.2 Å². The molecular weight excluding hydrogens is 376 g/mol. The molecule has 0 spiro atoms. The van der Waals surface area contributed by atoms with Gasteiger partial charge in [0, 0.05) is 19.5 Å². The monoisotopic (exact) mass is 424 g/mol. The number of hydrogen-bond acceptors (Lipinski definition) is 4. The average Bonchev–Trinajstić information content (AvgIpc) is 3.17. The molecule has 0 aromatic heterocycles. The van der Waals surface area contributed by atoms with Gasteiger partial charge in [0.05, 0.1) is 32.0 Å². The largest absolute Gasteiger partial charge is 0.481 e. The minimum Gasteiger partial charge on any atom is -0.481 e. The van der Waals surface area contributed by atoms with Crippen LogP contribution in [-0.4, -0.2) is 54.7 Å². The summed E-state index contributed by atoms with van der Waals surface area (Å²) >= 11 is 0. The van der Waals surface area contributed by atoms with Gasteiger partial charge >= 0.3 is 5.97 Å². The molecule has 0 radical (unpaired) electrons. The van der Waals surface area contributed by atoms with E-state index in [1.165, 1.54) is 102 Å². The van der Waals surface area contributed by atoms with Gasteiger partial charge in [0.1, 0.15) is 0 Å². The summed E-state index contributed by atoms with van der Waals surface area (Å²) in [5.41, 5.74) is 0. The number of amidine groups is 1. The minimum atomic E-state index is -0.799. The molecule has 5 nitrogen and oxygen atoms in total. The number of carboxylic acids is 1. The van der Waals surface area contributed by atoms with E-state index >= 15 is 0 Å². The van der Waals surface area contributed by atoms with Gasteiger partial charge in [-0.15, -0.1) is 0 Å². The molecular formula is C25H48N2O3. The molecule has 0 aromatic carbocycles. The molecule has 176 valence electrons. The second-order valence-corrected chi connectivity index (χ2v) is 8.74. The summed E-state index contributed by atoms with van der Waals surface area (Å²) in [4.78, 5) is 17.4. The van der Waals surface area contributed by atoms with E-state index in [1.807, 2.05) is 0 Å². The van der Waals surface area contributed by atoms with E-state index in [0.717, 1.165) is 26.1 Å². The lowest BCUT2D eigenvalue weighted by atomic mass is 10.0. The summed E-state index contributed by atoms with van der Waals surface area (Å²) in [5, 5.41) is 8.62. The molecule has 0 amide bonds. The molecule has 0 unspecified atom stereocenters. The van der Waals surface area contributed by atoms with Crippen molar-refractivity contribution >= 4 is 11.8 Å². The Bertz CT molecular complexity index is 440. The molecule has 5 heteroatoms. The van der Waals surface area contributed by atoms with Crippen molar-refractivity contribution in [3.05, 3.63) is 0 Å². The topological polar surface area (TPSA) is 62.1 Å². The number of aliphatic imine (C=N–C) groups is 1. The molecule has 30 heavy (non-hydrogen) atoms. The van der Waals surface area contributed by atoms with Crippen LogP contribution in [0, 0.1) is 0 Å². The van der Waals surface area contributed by atoms with Crippen molar-refractivity contribution in [1.82, 2.24) is 4.90 Å². The number of unbranched alkanes of at least 4 members (excludes halogenated alkanes) is 14. The molecule has 0 bridgehead atoms.